The van der Waals surface area contributed by atoms with Gasteiger partial charge in [-0.1, -0.05) is 51.3 Å². The van der Waals surface area contributed by atoms with Gasteiger partial charge in [0.1, 0.15) is 17.6 Å². The second-order valence-electron chi connectivity index (χ2n) is 8.99. The molecule has 32 heavy (non-hydrogen) atoms. The molecule has 1 aromatic carbocycles. The summed E-state index contributed by atoms with van der Waals surface area (Å²) in [6.07, 6.45) is 6.55. The van der Waals surface area contributed by atoms with Crippen molar-refractivity contribution in [3.63, 3.8) is 0 Å². The van der Waals surface area contributed by atoms with Gasteiger partial charge in [-0.2, -0.15) is 0 Å². The zero-order valence-corrected chi connectivity index (χ0v) is 18.7. The van der Waals surface area contributed by atoms with Gasteiger partial charge in [-0.25, -0.2) is 0 Å². The second-order valence-corrected chi connectivity index (χ2v) is 8.99. The molecule has 1 atom stereocenters. The van der Waals surface area contributed by atoms with E-state index in [-0.39, 0.29) is 17.4 Å². The molecule has 1 amide bonds. The summed E-state index contributed by atoms with van der Waals surface area (Å²) in [5.41, 5.74) is 1.14. The minimum Gasteiger partial charge on any atom is -0.507 e. The molecule has 2 aliphatic rings. The quantitative estimate of drug-likeness (QED) is 0.399. The lowest BCUT2D eigenvalue weighted by Gasteiger charge is -2.35. The normalized spacial score (nSPS) is 21.3. The SMILES string of the molecule is CC(C)COc1cccc(/C(O)=C2/C(=O)C(=O)N(C3CCCCC3)C2c2ccccn2)c1. The van der Waals surface area contributed by atoms with E-state index in [9.17, 15) is 14.7 Å². The van der Waals surface area contributed by atoms with Crippen LogP contribution in [0.2, 0.25) is 0 Å². The lowest BCUT2D eigenvalue weighted by Crippen LogP contribution is -2.40. The molecule has 0 radical (unpaired) electrons. The number of pyridine rings is 1. The summed E-state index contributed by atoms with van der Waals surface area (Å²) < 4.78 is 5.79. The maximum Gasteiger partial charge on any atom is 0.295 e. The van der Waals surface area contributed by atoms with Crippen LogP contribution in [0.4, 0.5) is 0 Å². The van der Waals surface area contributed by atoms with Crippen LogP contribution in [0.1, 0.15) is 63.3 Å². The summed E-state index contributed by atoms with van der Waals surface area (Å²) in [5.74, 6) is -0.429. The smallest absolute Gasteiger partial charge is 0.295 e. The third-order valence-electron chi connectivity index (χ3n) is 6.11. The number of aromatic nitrogens is 1. The van der Waals surface area contributed by atoms with Crippen molar-refractivity contribution in [2.24, 2.45) is 5.92 Å². The maximum absolute atomic E-state index is 13.2. The molecule has 1 saturated carbocycles. The number of hydrogen-bond acceptors (Lipinski definition) is 5. The number of amides is 1. The Balaban J connectivity index is 1.78. The predicted octanol–water partition coefficient (Wildman–Crippen LogP) is 4.87. The van der Waals surface area contributed by atoms with Crippen LogP contribution in [-0.4, -0.2) is 39.3 Å². The molecule has 0 spiro atoms. The van der Waals surface area contributed by atoms with E-state index in [1.807, 2.05) is 18.2 Å². The van der Waals surface area contributed by atoms with E-state index in [0.29, 0.717) is 29.5 Å². The van der Waals surface area contributed by atoms with E-state index in [0.717, 1.165) is 32.1 Å². The predicted molar refractivity (Wildman–Crippen MR) is 122 cm³/mol. The van der Waals surface area contributed by atoms with Gasteiger partial charge in [0.15, 0.2) is 0 Å². The molecular weight excluding hydrogens is 404 g/mol. The van der Waals surface area contributed by atoms with Crippen molar-refractivity contribution in [3.8, 4) is 5.75 Å². The molecule has 168 valence electrons. The molecule has 4 rings (SSSR count). The number of aliphatic hydroxyl groups is 1. The zero-order valence-electron chi connectivity index (χ0n) is 18.7. The van der Waals surface area contributed by atoms with Crippen LogP contribution in [0.5, 0.6) is 5.75 Å². The first-order valence-corrected chi connectivity index (χ1v) is 11.4. The Bertz CT molecular complexity index is 1010. The van der Waals surface area contributed by atoms with Crippen molar-refractivity contribution in [1.82, 2.24) is 9.88 Å². The van der Waals surface area contributed by atoms with Crippen LogP contribution in [0.25, 0.3) is 5.76 Å². The molecule has 6 heteroatoms. The van der Waals surface area contributed by atoms with Gasteiger partial charge in [0.2, 0.25) is 0 Å². The van der Waals surface area contributed by atoms with Gasteiger partial charge in [0.05, 0.1) is 17.9 Å². The number of Topliss-reactive ketones (excluding diaryl/α,β-unsaturated/α-hetero) is 1. The number of rotatable bonds is 6. The second kappa shape index (κ2) is 9.55. The van der Waals surface area contributed by atoms with Crippen LogP contribution < -0.4 is 4.74 Å². The number of ketones is 1. The minimum atomic E-state index is -0.695. The number of ether oxygens (including phenoxy) is 1. The fraction of sp³-hybridized carbons (Fsp3) is 0.423. The molecule has 2 aromatic rings. The molecule has 0 bridgehead atoms. The highest BCUT2D eigenvalue weighted by atomic mass is 16.5. The zero-order chi connectivity index (χ0) is 22.7. The standard InChI is InChI=1S/C26H30N2O4/c1-17(2)16-32-20-12-8-9-18(15-20)24(29)22-23(21-13-6-7-14-27-21)28(26(31)25(22)30)19-10-4-3-5-11-19/h6-9,12-15,17,19,23,29H,3-5,10-11,16H2,1-2H3/b24-22-. The summed E-state index contributed by atoms with van der Waals surface area (Å²) in [4.78, 5) is 32.5. The van der Waals surface area contributed by atoms with E-state index in [1.54, 1.807) is 35.4 Å². The monoisotopic (exact) mass is 434 g/mol. The average molecular weight is 435 g/mol. The topological polar surface area (TPSA) is 79.7 Å². The van der Waals surface area contributed by atoms with Gasteiger partial charge < -0.3 is 14.7 Å². The lowest BCUT2D eigenvalue weighted by atomic mass is 9.92. The number of carbonyl (C=O) groups excluding carboxylic acids is 2. The Kier molecular flexibility index (Phi) is 6.58. The third-order valence-corrected chi connectivity index (χ3v) is 6.11. The molecule has 6 nitrogen and oxygen atoms in total. The van der Waals surface area contributed by atoms with Crippen molar-refractivity contribution in [1.29, 1.82) is 0 Å². The van der Waals surface area contributed by atoms with Crippen molar-refractivity contribution in [2.75, 3.05) is 6.61 Å². The summed E-state index contributed by atoms with van der Waals surface area (Å²) >= 11 is 0. The van der Waals surface area contributed by atoms with Crippen molar-refractivity contribution >= 4 is 17.4 Å². The Morgan fingerprint density at radius 2 is 1.91 bits per heavy atom. The number of carbonyl (C=O) groups is 2. The molecule has 2 fully saturated rings. The number of benzene rings is 1. The van der Waals surface area contributed by atoms with E-state index in [4.69, 9.17) is 4.74 Å². The van der Waals surface area contributed by atoms with E-state index in [2.05, 4.69) is 18.8 Å². The van der Waals surface area contributed by atoms with Crippen molar-refractivity contribution < 1.29 is 19.4 Å². The fourth-order valence-corrected chi connectivity index (χ4v) is 4.57. The van der Waals surface area contributed by atoms with Gasteiger partial charge in [-0.3, -0.25) is 14.6 Å². The number of likely N-dealkylation sites (tertiary alicyclic amines) is 1. The Labute approximate surface area is 188 Å². The Hall–Kier alpha value is -3.15. The molecule has 1 unspecified atom stereocenters. The van der Waals surface area contributed by atoms with Crippen LogP contribution in [0.15, 0.2) is 54.2 Å². The summed E-state index contributed by atoms with van der Waals surface area (Å²) in [5, 5.41) is 11.3. The van der Waals surface area contributed by atoms with E-state index < -0.39 is 17.7 Å². The summed E-state index contributed by atoms with van der Waals surface area (Å²) in [6.45, 7) is 4.66. The first kappa shape index (κ1) is 22.1. The first-order chi connectivity index (χ1) is 15.5. The Morgan fingerprint density at radius 1 is 1.12 bits per heavy atom. The third kappa shape index (κ3) is 4.40. The maximum atomic E-state index is 13.2. The molecule has 1 N–H and O–H groups in total. The van der Waals surface area contributed by atoms with Crippen LogP contribution in [0, 0.1) is 5.92 Å². The van der Waals surface area contributed by atoms with E-state index in [1.165, 1.54) is 0 Å². The highest BCUT2D eigenvalue weighted by Crippen LogP contribution is 2.42. The van der Waals surface area contributed by atoms with Crippen LogP contribution in [-0.2, 0) is 9.59 Å². The number of aliphatic hydroxyl groups excluding tert-OH is 1. The highest BCUT2D eigenvalue weighted by molar-refractivity contribution is 6.46. The molecule has 1 aromatic heterocycles. The molecule has 1 aliphatic carbocycles. The first-order valence-electron chi connectivity index (χ1n) is 11.4. The number of hydrogen-bond donors (Lipinski definition) is 1. The van der Waals surface area contributed by atoms with Crippen LogP contribution in [0.3, 0.4) is 0 Å². The Morgan fingerprint density at radius 3 is 2.59 bits per heavy atom. The average Bonchev–Trinajstić information content (AvgIpc) is 3.09. The van der Waals surface area contributed by atoms with Crippen LogP contribution >= 0.6 is 0 Å². The molecule has 1 aliphatic heterocycles. The van der Waals surface area contributed by atoms with Gasteiger partial charge in [-0.05, 0) is 43.0 Å². The van der Waals surface area contributed by atoms with Crippen molar-refractivity contribution in [3.05, 3.63) is 65.5 Å². The van der Waals surface area contributed by atoms with Gasteiger partial charge >= 0.3 is 0 Å². The van der Waals surface area contributed by atoms with E-state index >= 15 is 0 Å². The summed E-state index contributed by atoms with van der Waals surface area (Å²) in [7, 11) is 0. The molecule has 2 heterocycles. The minimum absolute atomic E-state index is 0.0294. The van der Waals surface area contributed by atoms with Gasteiger partial charge in [-0.15, -0.1) is 0 Å². The van der Waals surface area contributed by atoms with Crippen molar-refractivity contribution in [2.45, 2.75) is 58.0 Å². The van der Waals surface area contributed by atoms with Gasteiger partial charge in [0.25, 0.3) is 11.7 Å². The molecule has 1 saturated heterocycles. The largest absolute Gasteiger partial charge is 0.507 e. The lowest BCUT2D eigenvalue weighted by molar-refractivity contribution is -0.141. The highest BCUT2D eigenvalue weighted by Gasteiger charge is 2.49. The summed E-state index contributed by atoms with van der Waals surface area (Å²) in [6, 6.07) is 11.7. The fourth-order valence-electron chi connectivity index (χ4n) is 4.57. The van der Waals surface area contributed by atoms with Gasteiger partial charge in [0, 0.05) is 17.8 Å². The number of nitrogens with zero attached hydrogens (tertiary/aromatic N) is 2. The molecular formula is C26H30N2O4.